The van der Waals surface area contributed by atoms with Gasteiger partial charge in [0.15, 0.2) is 29.2 Å². The summed E-state index contributed by atoms with van der Waals surface area (Å²) in [7, 11) is 0. The highest BCUT2D eigenvalue weighted by Gasteiger charge is 2.22. The molecule has 1 N–H and O–H groups in total. The molecular weight excluding hydrogens is 384 g/mol. The average molecular weight is 398 g/mol. The molecule has 9 heteroatoms. The normalized spacial score (nSPS) is 13.2. The molecular formula is C18H14ClF2NO5. The Kier molecular flexibility index (Phi) is 5.46. The van der Waals surface area contributed by atoms with Gasteiger partial charge in [-0.2, -0.15) is 0 Å². The van der Waals surface area contributed by atoms with Crippen LogP contribution in [0.5, 0.6) is 11.5 Å². The second-order valence-corrected chi connectivity index (χ2v) is 6.11. The first-order valence-electron chi connectivity index (χ1n) is 7.87. The first-order chi connectivity index (χ1) is 12.8. The second kappa shape index (κ2) is 7.79. The molecule has 0 bridgehead atoms. The number of ether oxygens (including phenoxy) is 3. The van der Waals surface area contributed by atoms with Crippen molar-refractivity contribution >= 4 is 23.5 Å². The quantitative estimate of drug-likeness (QED) is 0.619. The Morgan fingerprint density at radius 1 is 1.19 bits per heavy atom. The maximum absolute atomic E-state index is 13.3. The second-order valence-electron chi connectivity index (χ2n) is 5.70. The van der Waals surface area contributed by atoms with Crippen LogP contribution in [0, 0.1) is 11.6 Å². The summed E-state index contributed by atoms with van der Waals surface area (Å²) < 4.78 is 41.8. The minimum absolute atomic E-state index is 0.144. The van der Waals surface area contributed by atoms with Crippen molar-refractivity contribution in [1.82, 2.24) is 5.32 Å². The van der Waals surface area contributed by atoms with Crippen molar-refractivity contribution in [2.45, 2.75) is 19.6 Å². The zero-order valence-corrected chi connectivity index (χ0v) is 14.8. The summed E-state index contributed by atoms with van der Waals surface area (Å²) in [5.41, 5.74) is 0.390. The fourth-order valence-corrected chi connectivity index (χ4v) is 2.57. The van der Waals surface area contributed by atoms with Crippen LogP contribution in [0.25, 0.3) is 0 Å². The molecule has 27 heavy (non-hydrogen) atoms. The molecule has 2 aromatic carbocycles. The van der Waals surface area contributed by atoms with E-state index in [1.807, 2.05) is 0 Å². The van der Waals surface area contributed by atoms with Gasteiger partial charge in [-0.25, -0.2) is 13.6 Å². The van der Waals surface area contributed by atoms with Crippen LogP contribution in [-0.2, 0) is 16.1 Å². The van der Waals surface area contributed by atoms with Crippen molar-refractivity contribution in [1.29, 1.82) is 0 Å². The lowest BCUT2D eigenvalue weighted by molar-refractivity contribution is -0.129. The highest BCUT2D eigenvalue weighted by atomic mass is 35.5. The molecule has 1 aliphatic rings. The van der Waals surface area contributed by atoms with Crippen molar-refractivity contribution < 1.29 is 32.6 Å². The number of benzene rings is 2. The summed E-state index contributed by atoms with van der Waals surface area (Å²) in [6.45, 7) is 1.66. The van der Waals surface area contributed by atoms with Crippen LogP contribution >= 0.6 is 11.6 Å². The van der Waals surface area contributed by atoms with Crippen LogP contribution in [0.2, 0.25) is 5.02 Å². The summed E-state index contributed by atoms with van der Waals surface area (Å²) in [5.74, 6) is -2.84. The van der Waals surface area contributed by atoms with Crippen molar-refractivity contribution in [3.8, 4) is 11.5 Å². The largest absolute Gasteiger partial charge is 0.454 e. The molecule has 0 saturated carbocycles. The lowest BCUT2D eigenvalue weighted by Gasteiger charge is -2.14. The third kappa shape index (κ3) is 4.28. The third-order valence-electron chi connectivity index (χ3n) is 3.79. The number of esters is 1. The van der Waals surface area contributed by atoms with E-state index < -0.39 is 29.6 Å². The highest BCUT2D eigenvalue weighted by molar-refractivity contribution is 6.33. The number of rotatable bonds is 5. The van der Waals surface area contributed by atoms with Crippen molar-refractivity contribution in [2.24, 2.45) is 0 Å². The predicted molar refractivity (Wildman–Crippen MR) is 90.7 cm³/mol. The van der Waals surface area contributed by atoms with Crippen LogP contribution in [-0.4, -0.2) is 24.8 Å². The Bertz CT molecular complexity index is 906. The Morgan fingerprint density at radius 2 is 1.89 bits per heavy atom. The standard InChI is InChI=1S/C18H14ClF2NO5/c1-9(27-18(24)11-5-13(20)14(21)6-12(11)19)17(23)22-7-10-2-3-15-16(4-10)26-8-25-15/h2-6,9H,7-8H2,1H3,(H,22,23)/t9-/m0/s1. The molecule has 0 spiro atoms. The van der Waals surface area contributed by atoms with Gasteiger partial charge in [0, 0.05) is 6.54 Å². The van der Waals surface area contributed by atoms with Crippen LogP contribution in [0.15, 0.2) is 30.3 Å². The predicted octanol–water partition coefficient (Wildman–Crippen LogP) is 3.21. The maximum atomic E-state index is 13.3. The molecule has 0 fully saturated rings. The Hall–Kier alpha value is -2.87. The van der Waals surface area contributed by atoms with E-state index in [-0.39, 0.29) is 23.9 Å². The van der Waals surface area contributed by atoms with Gasteiger partial charge < -0.3 is 19.5 Å². The van der Waals surface area contributed by atoms with E-state index in [1.54, 1.807) is 18.2 Å². The van der Waals surface area contributed by atoms with Crippen molar-refractivity contribution in [3.63, 3.8) is 0 Å². The van der Waals surface area contributed by atoms with E-state index >= 15 is 0 Å². The molecule has 1 heterocycles. The summed E-state index contributed by atoms with van der Waals surface area (Å²) in [5, 5.41) is 2.29. The minimum Gasteiger partial charge on any atom is -0.454 e. The van der Waals surface area contributed by atoms with Gasteiger partial charge in [0.25, 0.3) is 5.91 Å². The van der Waals surface area contributed by atoms with E-state index in [0.29, 0.717) is 23.6 Å². The number of amides is 1. The van der Waals surface area contributed by atoms with Crippen LogP contribution in [0.3, 0.4) is 0 Å². The van der Waals surface area contributed by atoms with E-state index in [1.165, 1.54) is 6.92 Å². The average Bonchev–Trinajstić information content (AvgIpc) is 3.10. The number of carbonyl (C=O) groups is 2. The SMILES string of the molecule is C[C@H](OC(=O)c1cc(F)c(F)cc1Cl)C(=O)NCc1ccc2c(c1)OCO2. The number of hydrogen-bond acceptors (Lipinski definition) is 5. The molecule has 3 rings (SSSR count). The number of halogens is 3. The number of nitrogens with one attached hydrogen (secondary N) is 1. The van der Waals surface area contributed by atoms with Gasteiger partial charge in [0.2, 0.25) is 6.79 Å². The van der Waals surface area contributed by atoms with Crippen LogP contribution in [0.1, 0.15) is 22.8 Å². The smallest absolute Gasteiger partial charge is 0.340 e. The molecule has 0 radical (unpaired) electrons. The Balaban J connectivity index is 1.57. The number of fused-ring (bicyclic) bond motifs is 1. The van der Waals surface area contributed by atoms with Gasteiger partial charge in [-0.05, 0) is 36.8 Å². The Labute approximate surface area is 158 Å². The van der Waals surface area contributed by atoms with Crippen molar-refractivity contribution in [3.05, 3.63) is 58.1 Å². The zero-order chi connectivity index (χ0) is 19.6. The van der Waals surface area contributed by atoms with Gasteiger partial charge in [-0.1, -0.05) is 17.7 Å². The lowest BCUT2D eigenvalue weighted by Crippen LogP contribution is -2.35. The summed E-state index contributed by atoms with van der Waals surface area (Å²) in [6, 6.07) is 6.49. The fourth-order valence-electron chi connectivity index (χ4n) is 2.34. The van der Waals surface area contributed by atoms with Gasteiger partial charge >= 0.3 is 5.97 Å². The van der Waals surface area contributed by atoms with E-state index in [2.05, 4.69) is 5.32 Å². The van der Waals surface area contributed by atoms with E-state index in [0.717, 1.165) is 5.56 Å². The van der Waals surface area contributed by atoms with Crippen LogP contribution in [0.4, 0.5) is 8.78 Å². The van der Waals surface area contributed by atoms with Gasteiger partial charge in [-0.15, -0.1) is 0 Å². The number of hydrogen-bond donors (Lipinski definition) is 1. The third-order valence-corrected chi connectivity index (χ3v) is 4.10. The first kappa shape index (κ1) is 18.9. The molecule has 0 aliphatic carbocycles. The minimum atomic E-state index is -1.24. The lowest BCUT2D eigenvalue weighted by atomic mass is 10.2. The van der Waals surface area contributed by atoms with E-state index in [4.69, 9.17) is 25.8 Å². The molecule has 2 aromatic rings. The number of carbonyl (C=O) groups excluding carboxylic acids is 2. The summed E-state index contributed by atoms with van der Waals surface area (Å²) in [6.07, 6.45) is -1.17. The van der Waals surface area contributed by atoms with Gasteiger partial charge in [0.05, 0.1) is 10.6 Å². The van der Waals surface area contributed by atoms with Crippen LogP contribution < -0.4 is 14.8 Å². The molecule has 1 amide bonds. The highest BCUT2D eigenvalue weighted by Crippen LogP contribution is 2.32. The first-order valence-corrected chi connectivity index (χ1v) is 8.24. The molecule has 0 saturated heterocycles. The summed E-state index contributed by atoms with van der Waals surface area (Å²) in [4.78, 5) is 24.2. The molecule has 0 unspecified atom stereocenters. The Morgan fingerprint density at radius 3 is 2.67 bits per heavy atom. The molecule has 6 nitrogen and oxygen atoms in total. The monoisotopic (exact) mass is 397 g/mol. The molecule has 1 atom stereocenters. The molecule has 1 aliphatic heterocycles. The van der Waals surface area contributed by atoms with Gasteiger partial charge in [-0.3, -0.25) is 4.79 Å². The topological polar surface area (TPSA) is 73.9 Å². The zero-order valence-electron chi connectivity index (χ0n) is 14.1. The summed E-state index contributed by atoms with van der Waals surface area (Å²) >= 11 is 5.72. The molecule has 142 valence electrons. The van der Waals surface area contributed by atoms with Crippen molar-refractivity contribution in [2.75, 3.05) is 6.79 Å². The maximum Gasteiger partial charge on any atom is 0.340 e. The fraction of sp³-hybridized carbons (Fsp3) is 0.222. The van der Waals surface area contributed by atoms with Gasteiger partial charge in [0.1, 0.15) is 0 Å². The molecule has 0 aromatic heterocycles. The van der Waals surface area contributed by atoms with E-state index in [9.17, 15) is 18.4 Å².